The number of amides is 1. The molecule has 4 aromatic heterocycles. The molecule has 17 nitrogen and oxygen atoms in total. The lowest BCUT2D eigenvalue weighted by molar-refractivity contribution is -0.138. The van der Waals surface area contributed by atoms with E-state index in [1.807, 2.05) is 34.6 Å². The van der Waals surface area contributed by atoms with Gasteiger partial charge in [-0.1, -0.05) is 6.07 Å². The Balaban J connectivity index is 1.19. The fourth-order valence-electron chi connectivity index (χ4n) is 8.71. The number of hydrogen-bond donors (Lipinski definition) is 3. The van der Waals surface area contributed by atoms with Gasteiger partial charge in [0.15, 0.2) is 5.65 Å². The summed E-state index contributed by atoms with van der Waals surface area (Å²) in [6.45, 7) is 2.59. The van der Waals surface area contributed by atoms with Gasteiger partial charge in [0.1, 0.15) is 59.2 Å². The smallest absolute Gasteiger partial charge is 0.326 e. The van der Waals surface area contributed by atoms with Crippen molar-refractivity contribution in [3.8, 4) is 22.7 Å². The average Bonchev–Trinajstić information content (AvgIpc) is 4.04. The van der Waals surface area contributed by atoms with Gasteiger partial charge in [-0.2, -0.15) is 15.1 Å². The lowest BCUT2D eigenvalue weighted by atomic mass is 10.1. The highest BCUT2D eigenvalue weighted by Gasteiger charge is 2.42. The van der Waals surface area contributed by atoms with Gasteiger partial charge in [0.2, 0.25) is 11.9 Å². The van der Waals surface area contributed by atoms with Crippen molar-refractivity contribution in [2.75, 3.05) is 62.1 Å². The van der Waals surface area contributed by atoms with Crippen LogP contribution in [0.3, 0.4) is 0 Å². The topological polar surface area (TPSA) is 189 Å². The van der Waals surface area contributed by atoms with E-state index in [0.717, 1.165) is 0 Å². The number of nitrogens with one attached hydrogen (secondary N) is 1. The number of rotatable bonds is 8. The summed E-state index contributed by atoms with van der Waals surface area (Å²) in [4.78, 5) is 52.0. The molecule has 2 aromatic carbocycles. The minimum atomic E-state index is -1.02. The number of nitrogens with zero attached hydrogens (tertiary/aromatic N) is 10. The summed E-state index contributed by atoms with van der Waals surface area (Å²) in [7, 11) is 3.30. The molecule has 3 aliphatic heterocycles. The molecular formula is C41H43F2N11O6. The zero-order chi connectivity index (χ0) is 41.8. The van der Waals surface area contributed by atoms with E-state index in [1.165, 1.54) is 35.0 Å². The van der Waals surface area contributed by atoms with Gasteiger partial charge in [-0.3, -0.25) is 4.79 Å². The fourth-order valence-corrected chi connectivity index (χ4v) is 8.71. The van der Waals surface area contributed by atoms with Gasteiger partial charge < -0.3 is 44.3 Å². The van der Waals surface area contributed by atoms with Crippen LogP contribution in [0.5, 0.6) is 5.75 Å². The molecule has 4 atom stereocenters. The van der Waals surface area contributed by atoms with Crippen molar-refractivity contribution in [3.63, 3.8) is 0 Å². The Morgan fingerprint density at radius 3 is 2.67 bits per heavy atom. The molecule has 0 aliphatic carbocycles. The molecule has 312 valence electrons. The van der Waals surface area contributed by atoms with Crippen LogP contribution in [0.15, 0.2) is 54.7 Å². The number of aliphatic hydroxyl groups excluding tert-OH is 1. The zero-order valence-corrected chi connectivity index (χ0v) is 33.1. The zero-order valence-electron chi connectivity index (χ0n) is 33.1. The van der Waals surface area contributed by atoms with Crippen LogP contribution in [0.2, 0.25) is 0 Å². The first-order valence-electron chi connectivity index (χ1n) is 19.7. The molecule has 4 bridgehead atoms. The maximum atomic E-state index is 15.1. The number of carbonyl (C=O) groups excluding carboxylic acids is 1. The number of likely N-dealkylation sites (N-methyl/N-ethyl adjacent to an activating group) is 1. The highest BCUT2D eigenvalue weighted by atomic mass is 19.1. The second-order valence-electron chi connectivity index (χ2n) is 15.3. The summed E-state index contributed by atoms with van der Waals surface area (Å²) in [6, 6.07) is 10.2. The molecule has 0 radical (unpaired) electrons. The molecule has 0 saturated carbocycles. The third-order valence-corrected chi connectivity index (χ3v) is 11.5. The van der Waals surface area contributed by atoms with Gasteiger partial charge >= 0.3 is 5.97 Å². The number of anilines is 3. The minimum absolute atomic E-state index is 0.105. The van der Waals surface area contributed by atoms with E-state index < -0.39 is 35.8 Å². The maximum Gasteiger partial charge on any atom is 0.326 e. The molecule has 6 aromatic rings. The first-order valence-corrected chi connectivity index (χ1v) is 19.7. The quantitative estimate of drug-likeness (QED) is 0.201. The summed E-state index contributed by atoms with van der Waals surface area (Å²) >= 11 is 0. The molecule has 19 heteroatoms. The van der Waals surface area contributed by atoms with Crippen LogP contribution < -0.4 is 19.9 Å². The summed E-state index contributed by atoms with van der Waals surface area (Å²) < 4.78 is 44.8. The Bertz CT molecular complexity index is 2640. The van der Waals surface area contributed by atoms with E-state index in [0.29, 0.717) is 83.2 Å². The van der Waals surface area contributed by atoms with Crippen LogP contribution in [0, 0.1) is 18.6 Å². The van der Waals surface area contributed by atoms with Crippen LogP contribution in [0.25, 0.3) is 39.0 Å². The predicted molar refractivity (Wildman–Crippen MR) is 216 cm³/mol. The van der Waals surface area contributed by atoms with Gasteiger partial charge in [-0.25, -0.2) is 28.2 Å². The van der Waals surface area contributed by atoms with Gasteiger partial charge in [-0.05, 0) is 56.5 Å². The normalized spacial score (nSPS) is 20.8. The number of hydrogen-bond acceptors (Lipinski definition) is 13. The Kier molecular flexibility index (Phi) is 10.2. The Hall–Kier alpha value is -6.47. The Labute approximate surface area is 342 Å². The summed E-state index contributed by atoms with van der Waals surface area (Å²) in [5.41, 5.74) is 2.88. The minimum Gasteiger partial charge on any atom is -0.489 e. The number of imidazole rings is 1. The molecule has 3 unspecified atom stereocenters. The first-order chi connectivity index (χ1) is 29.0. The molecule has 7 heterocycles. The number of methoxy groups -OCH3 is 1. The third kappa shape index (κ3) is 6.96. The second-order valence-corrected chi connectivity index (χ2v) is 15.3. The van der Waals surface area contributed by atoms with E-state index in [4.69, 9.17) is 24.4 Å². The van der Waals surface area contributed by atoms with Crippen molar-refractivity contribution < 1.29 is 38.1 Å². The maximum absolute atomic E-state index is 15.1. The van der Waals surface area contributed by atoms with Gasteiger partial charge in [0.05, 0.1) is 47.6 Å². The second kappa shape index (κ2) is 15.6. The molecule has 2 fully saturated rings. The van der Waals surface area contributed by atoms with Crippen molar-refractivity contribution in [2.24, 2.45) is 0 Å². The van der Waals surface area contributed by atoms with Crippen LogP contribution in [0.1, 0.15) is 25.1 Å². The van der Waals surface area contributed by atoms with E-state index >= 15 is 4.39 Å². The number of benzene rings is 2. The highest BCUT2D eigenvalue weighted by Crippen LogP contribution is 2.38. The van der Waals surface area contributed by atoms with Crippen molar-refractivity contribution >= 4 is 51.5 Å². The van der Waals surface area contributed by atoms with E-state index in [1.54, 1.807) is 30.2 Å². The van der Waals surface area contributed by atoms with Crippen molar-refractivity contribution in [3.05, 3.63) is 72.2 Å². The Morgan fingerprint density at radius 2 is 1.87 bits per heavy atom. The number of carboxylic acids is 1. The van der Waals surface area contributed by atoms with Gasteiger partial charge in [-0.15, -0.1) is 0 Å². The van der Waals surface area contributed by atoms with Crippen molar-refractivity contribution in [2.45, 2.75) is 57.0 Å². The van der Waals surface area contributed by atoms with Crippen LogP contribution in [0.4, 0.5) is 26.4 Å². The summed E-state index contributed by atoms with van der Waals surface area (Å²) in [6.07, 6.45) is 2.38. The van der Waals surface area contributed by atoms with Crippen LogP contribution in [-0.2, 0) is 20.9 Å². The Morgan fingerprint density at radius 1 is 1.02 bits per heavy atom. The highest BCUT2D eigenvalue weighted by molar-refractivity contribution is 5.95. The molecule has 9 rings (SSSR count). The number of pyridine rings is 1. The van der Waals surface area contributed by atoms with Gasteiger partial charge in [0.25, 0.3) is 0 Å². The standard InChI is InChI=1S/C41H43F2N11O6/c1-22-45-30-15-24(43)14-27-29-6-4-8-35(47-29)46-25-17-33(39(56)50(2)20-26(59-3)21-52(22)36(27)30)53(19-25)37-28-18-44-54(31-10-9-23(42)16-34(31)60-13-12-55)38(28)49-41(48-37)51-11-5-7-32(51)40(57)58/h4,6,8-10,14-16,18,25-26,32-33,55H,5,7,11-13,17,19-21H2,1-3H3,(H,46,47)(H,57,58)/t25?,26?,32-,33?/m0/s1. The number of halogens is 2. The number of aryl methyl sites for hydroxylation is 1. The fraction of sp³-hybridized carbons (Fsp3) is 0.390. The number of aliphatic hydroxyl groups is 1. The van der Waals surface area contributed by atoms with E-state index in [9.17, 15) is 24.2 Å². The number of aliphatic carboxylic acids is 1. The van der Waals surface area contributed by atoms with E-state index in [2.05, 4.69) is 15.4 Å². The summed E-state index contributed by atoms with van der Waals surface area (Å²) in [5, 5.41) is 28.3. The van der Waals surface area contributed by atoms with Gasteiger partial charge in [0, 0.05) is 57.5 Å². The monoisotopic (exact) mass is 823 g/mol. The molecule has 60 heavy (non-hydrogen) atoms. The average molecular weight is 824 g/mol. The van der Waals surface area contributed by atoms with Crippen LogP contribution >= 0.6 is 0 Å². The van der Waals surface area contributed by atoms with Crippen molar-refractivity contribution in [1.82, 2.24) is 39.2 Å². The SMILES string of the molecule is COC1CN(C)C(=O)C2CC(CN2c2nc(N3CCC[C@H]3C(=O)O)nc3c2cnn3-c2ccc(F)cc2OCCO)Nc2cccc(n2)-c2cc(F)cc3nc(C)n(c23)C1. The molecule has 3 N–H and O–H groups in total. The molecular weight excluding hydrogens is 781 g/mol. The number of carbonyl (C=O) groups is 2. The molecule has 0 spiro atoms. The molecule has 1 amide bonds. The number of aromatic nitrogens is 7. The number of fused-ring (bicyclic) bond motifs is 6. The third-order valence-electron chi connectivity index (χ3n) is 11.5. The van der Waals surface area contributed by atoms with Crippen LogP contribution in [-0.4, -0.2) is 133 Å². The number of ether oxygens (including phenoxy) is 2. The van der Waals surface area contributed by atoms with Crippen molar-refractivity contribution in [1.29, 1.82) is 0 Å². The summed E-state index contributed by atoms with van der Waals surface area (Å²) in [5.74, 6) is -0.493. The first kappa shape index (κ1) is 39.0. The van der Waals surface area contributed by atoms with E-state index in [-0.39, 0.29) is 55.6 Å². The molecule has 3 aliphatic rings. The largest absolute Gasteiger partial charge is 0.489 e. The lowest BCUT2D eigenvalue weighted by Crippen LogP contribution is -2.47. The number of carboxylic acid groups (broad SMARTS) is 1. The predicted octanol–water partition coefficient (Wildman–Crippen LogP) is 3.78. The lowest BCUT2D eigenvalue weighted by Gasteiger charge is -2.31. The molecule has 2 saturated heterocycles.